The summed E-state index contributed by atoms with van der Waals surface area (Å²) in [7, 11) is 0. The zero-order valence-electron chi connectivity index (χ0n) is 22.8. The molecular weight excluding hydrogens is 496 g/mol. The molecule has 9 heteroatoms. The van der Waals surface area contributed by atoms with Gasteiger partial charge in [-0.3, -0.25) is 14.5 Å². The van der Waals surface area contributed by atoms with Crippen molar-refractivity contribution in [1.82, 2.24) is 5.01 Å². The number of carbonyl (C=O) groups is 4. The highest BCUT2D eigenvalue weighted by Crippen LogP contribution is 2.34. The third-order valence-electron chi connectivity index (χ3n) is 7.21. The number of nitrogens with zero attached hydrogens (tertiary/aromatic N) is 3. The molecular formula is C30H36N4O5. The quantitative estimate of drug-likeness (QED) is 0.458. The van der Waals surface area contributed by atoms with Crippen LogP contribution in [0.1, 0.15) is 68.8 Å². The number of fused-ring (bicyclic) bond motifs is 1. The third kappa shape index (κ3) is 6.71. The minimum Gasteiger partial charge on any atom is -0.478 e. The number of amides is 2. The smallest absolute Gasteiger partial charge is 0.345 e. The van der Waals surface area contributed by atoms with Crippen molar-refractivity contribution >= 4 is 40.7 Å². The lowest BCUT2D eigenvalue weighted by atomic mass is 9.83. The summed E-state index contributed by atoms with van der Waals surface area (Å²) in [4.78, 5) is 52.7. The first kappa shape index (κ1) is 28.0. The topological polar surface area (TPSA) is 119 Å². The number of Topliss-reactive ketones (excluding diaryl/α,β-unsaturated/α-hetero) is 2. The molecule has 1 heterocycles. The Labute approximate surface area is 228 Å². The number of carboxylic acids is 1. The van der Waals surface area contributed by atoms with E-state index in [1.54, 1.807) is 12.1 Å². The molecule has 0 aromatic heterocycles. The van der Waals surface area contributed by atoms with Crippen molar-refractivity contribution in [2.45, 2.75) is 52.9 Å². The molecule has 2 N–H and O–H groups in total. The first-order valence-corrected chi connectivity index (χ1v) is 13.4. The van der Waals surface area contributed by atoms with Gasteiger partial charge >= 0.3 is 12.0 Å². The average Bonchev–Trinajstić information content (AvgIpc) is 3.02. The van der Waals surface area contributed by atoms with Gasteiger partial charge in [-0.15, -0.1) is 0 Å². The summed E-state index contributed by atoms with van der Waals surface area (Å²) in [5.74, 6) is -1.31. The molecule has 1 aliphatic heterocycles. The lowest BCUT2D eigenvalue weighted by molar-refractivity contribution is -0.124. The van der Waals surface area contributed by atoms with Crippen LogP contribution in [-0.2, 0) is 9.59 Å². The van der Waals surface area contributed by atoms with E-state index in [0.717, 1.165) is 43.4 Å². The number of para-hydroxylation sites is 1. The van der Waals surface area contributed by atoms with Gasteiger partial charge in [0.2, 0.25) is 0 Å². The maximum atomic E-state index is 13.9. The molecule has 1 fully saturated rings. The van der Waals surface area contributed by atoms with Gasteiger partial charge in [-0.05, 0) is 37.1 Å². The van der Waals surface area contributed by atoms with Gasteiger partial charge in [0.25, 0.3) is 0 Å². The molecule has 0 radical (unpaired) electrons. The van der Waals surface area contributed by atoms with Gasteiger partial charge in [-0.1, -0.05) is 64.3 Å². The Hall–Kier alpha value is -4.01. The SMILES string of the molecule is CC(C)(C)C(=O)CN1C(=O)N(CC(=O)CNc2cccc(C(=O)O)c2)N=C(C2CCCCC2)c2ccccc21. The molecule has 9 nitrogen and oxygen atoms in total. The number of carbonyl (C=O) groups excluding carboxylic acids is 3. The van der Waals surface area contributed by atoms with Crippen LogP contribution >= 0.6 is 0 Å². The number of carboxylic acid groups (broad SMARTS) is 1. The molecule has 0 spiro atoms. The van der Waals surface area contributed by atoms with Crippen LogP contribution in [0.25, 0.3) is 0 Å². The molecule has 0 bridgehead atoms. The largest absolute Gasteiger partial charge is 0.478 e. The van der Waals surface area contributed by atoms with Gasteiger partial charge in [0.05, 0.1) is 30.1 Å². The van der Waals surface area contributed by atoms with E-state index < -0.39 is 17.4 Å². The number of nitrogens with one attached hydrogen (secondary N) is 1. The fourth-order valence-corrected chi connectivity index (χ4v) is 4.89. The van der Waals surface area contributed by atoms with Crippen LogP contribution < -0.4 is 10.2 Å². The molecule has 4 rings (SSSR count). The molecule has 0 unspecified atom stereocenters. The molecule has 2 aromatic carbocycles. The van der Waals surface area contributed by atoms with Crippen molar-refractivity contribution in [2.75, 3.05) is 29.9 Å². The first-order chi connectivity index (χ1) is 18.5. The molecule has 206 valence electrons. The summed E-state index contributed by atoms with van der Waals surface area (Å²) in [6, 6.07) is 13.2. The molecule has 1 aliphatic carbocycles. The number of ketones is 2. The van der Waals surface area contributed by atoms with E-state index >= 15 is 0 Å². The third-order valence-corrected chi connectivity index (χ3v) is 7.21. The van der Waals surface area contributed by atoms with Crippen LogP contribution in [0.4, 0.5) is 16.2 Å². The van der Waals surface area contributed by atoms with Crippen LogP contribution in [0, 0.1) is 11.3 Å². The van der Waals surface area contributed by atoms with Crippen molar-refractivity contribution in [3.8, 4) is 0 Å². The highest BCUT2D eigenvalue weighted by molar-refractivity contribution is 6.13. The highest BCUT2D eigenvalue weighted by Gasteiger charge is 2.36. The van der Waals surface area contributed by atoms with Crippen molar-refractivity contribution in [2.24, 2.45) is 16.4 Å². The number of hydrazone groups is 1. The predicted octanol–water partition coefficient (Wildman–Crippen LogP) is 5.21. The van der Waals surface area contributed by atoms with Crippen LogP contribution in [0.15, 0.2) is 53.6 Å². The summed E-state index contributed by atoms with van der Waals surface area (Å²) < 4.78 is 0. The zero-order chi connectivity index (χ0) is 28.2. The van der Waals surface area contributed by atoms with Gasteiger partial charge in [0, 0.05) is 22.6 Å². The fraction of sp³-hybridized carbons (Fsp3) is 0.433. The standard InChI is InChI=1S/C30H36N4O5/c1-30(2,3)26(36)19-33-25-15-8-7-14-24(25)27(20-10-5-4-6-11-20)32-34(29(33)39)18-23(35)17-31-22-13-9-12-21(16-22)28(37)38/h7-9,12-16,20,31H,4-6,10-11,17-19H2,1-3H3,(H,37,38). The summed E-state index contributed by atoms with van der Waals surface area (Å²) in [5.41, 5.74) is 2.17. The van der Waals surface area contributed by atoms with Crippen LogP contribution in [0.2, 0.25) is 0 Å². The van der Waals surface area contributed by atoms with E-state index in [1.807, 2.05) is 45.0 Å². The molecule has 0 saturated heterocycles. The Morgan fingerprint density at radius 3 is 2.41 bits per heavy atom. The van der Waals surface area contributed by atoms with E-state index in [9.17, 15) is 24.3 Å². The summed E-state index contributed by atoms with van der Waals surface area (Å²) in [5, 5.41) is 18.2. The molecule has 2 aliphatic rings. The average molecular weight is 533 g/mol. The zero-order valence-corrected chi connectivity index (χ0v) is 22.8. The Morgan fingerprint density at radius 1 is 1.00 bits per heavy atom. The Kier molecular flexibility index (Phi) is 8.47. The Bertz CT molecular complexity index is 1290. The second kappa shape index (κ2) is 11.8. The second-order valence-corrected chi connectivity index (χ2v) is 11.2. The number of aromatic carboxylic acids is 1. The van der Waals surface area contributed by atoms with Crippen molar-refractivity contribution < 1.29 is 24.3 Å². The maximum Gasteiger partial charge on any atom is 0.345 e. The van der Waals surface area contributed by atoms with Crippen molar-refractivity contribution in [3.05, 3.63) is 59.7 Å². The van der Waals surface area contributed by atoms with E-state index in [4.69, 9.17) is 5.10 Å². The lowest BCUT2D eigenvalue weighted by Gasteiger charge is -2.28. The van der Waals surface area contributed by atoms with E-state index in [1.165, 1.54) is 22.0 Å². The maximum absolute atomic E-state index is 13.9. The van der Waals surface area contributed by atoms with Crippen molar-refractivity contribution in [3.63, 3.8) is 0 Å². The number of anilines is 2. The molecule has 39 heavy (non-hydrogen) atoms. The van der Waals surface area contributed by atoms with Gasteiger partial charge < -0.3 is 10.4 Å². The Morgan fingerprint density at radius 2 is 1.72 bits per heavy atom. The summed E-state index contributed by atoms with van der Waals surface area (Å²) in [6.45, 7) is 4.93. The minimum atomic E-state index is -1.06. The van der Waals surface area contributed by atoms with Gasteiger partial charge in [0.15, 0.2) is 11.6 Å². The van der Waals surface area contributed by atoms with Crippen LogP contribution in [-0.4, -0.2) is 59.0 Å². The summed E-state index contributed by atoms with van der Waals surface area (Å²) in [6.07, 6.45) is 5.21. The molecule has 0 atom stereocenters. The second-order valence-electron chi connectivity index (χ2n) is 11.2. The molecule has 2 amide bonds. The first-order valence-electron chi connectivity index (χ1n) is 13.4. The normalized spacial score (nSPS) is 16.3. The predicted molar refractivity (Wildman–Crippen MR) is 150 cm³/mol. The number of hydrogen-bond donors (Lipinski definition) is 2. The van der Waals surface area contributed by atoms with Gasteiger partial charge in [-0.25, -0.2) is 14.6 Å². The number of rotatable bonds is 9. The highest BCUT2D eigenvalue weighted by atomic mass is 16.4. The Balaban J connectivity index is 1.63. The molecule has 1 saturated carbocycles. The van der Waals surface area contributed by atoms with E-state index in [2.05, 4.69) is 5.32 Å². The molecule has 2 aromatic rings. The minimum absolute atomic E-state index is 0.0991. The summed E-state index contributed by atoms with van der Waals surface area (Å²) >= 11 is 0. The van der Waals surface area contributed by atoms with E-state index in [0.29, 0.717) is 11.4 Å². The monoisotopic (exact) mass is 532 g/mol. The number of benzene rings is 2. The van der Waals surface area contributed by atoms with Gasteiger partial charge in [-0.2, -0.15) is 5.10 Å². The van der Waals surface area contributed by atoms with Gasteiger partial charge in [0.1, 0.15) is 6.54 Å². The lowest BCUT2D eigenvalue weighted by Crippen LogP contribution is -2.46. The number of hydrogen-bond acceptors (Lipinski definition) is 6. The van der Waals surface area contributed by atoms with Crippen molar-refractivity contribution in [1.29, 1.82) is 0 Å². The fourth-order valence-electron chi connectivity index (χ4n) is 4.89. The number of urea groups is 1. The van der Waals surface area contributed by atoms with Crippen LogP contribution in [0.5, 0.6) is 0 Å². The van der Waals surface area contributed by atoms with E-state index in [-0.39, 0.29) is 42.7 Å². The van der Waals surface area contributed by atoms with Crippen LogP contribution in [0.3, 0.4) is 0 Å².